The molecule has 0 aromatic heterocycles. The van der Waals surface area contributed by atoms with E-state index in [0.717, 1.165) is 32.1 Å². The zero-order valence-corrected chi connectivity index (χ0v) is 17.8. The number of amides is 1. The fourth-order valence-corrected chi connectivity index (χ4v) is 7.58. The summed E-state index contributed by atoms with van der Waals surface area (Å²) in [6.07, 6.45) is 11.6. The van der Waals surface area contributed by atoms with E-state index in [1.165, 1.54) is 11.1 Å². The first-order valence-corrected chi connectivity index (χ1v) is 11.2. The third-order valence-corrected chi connectivity index (χ3v) is 9.07. The first-order valence-electron chi connectivity index (χ1n) is 11.2. The van der Waals surface area contributed by atoms with Gasteiger partial charge in [0.2, 0.25) is 5.91 Å². The standard InChI is InChI=1S/C26H33NO2/c1-25-13-11-21-19(20(25)9-10-22(25)28)16-18(15-17-7-5-4-6-8-17)24-26(21,2)14-12-23(29)27(24)3/h4-8,12,14-15,19-22,24,28H,9-11,13,16H2,1-3H3/t19-,20-,21-,22-,24+,25-,26+/m0/s1. The van der Waals surface area contributed by atoms with Crippen molar-refractivity contribution >= 4 is 12.0 Å². The van der Waals surface area contributed by atoms with Crippen LogP contribution < -0.4 is 0 Å². The maximum absolute atomic E-state index is 12.6. The number of fused-ring (bicyclic) bond motifs is 5. The van der Waals surface area contributed by atoms with Crippen LogP contribution in [0, 0.1) is 28.6 Å². The first-order chi connectivity index (χ1) is 13.8. The lowest BCUT2D eigenvalue weighted by Gasteiger charge is -2.60. The van der Waals surface area contributed by atoms with E-state index in [0.29, 0.717) is 17.8 Å². The van der Waals surface area contributed by atoms with E-state index in [-0.39, 0.29) is 28.9 Å². The molecule has 4 aliphatic rings. The molecule has 3 aliphatic carbocycles. The topological polar surface area (TPSA) is 40.5 Å². The summed E-state index contributed by atoms with van der Waals surface area (Å²) in [7, 11) is 1.97. The van der Waals surface area contributed by atoms with Crippen LogP contribution in [0.15, 0.2) is 48.1 Å². The summed E-state index contributed by atoms with van der Waals surface area (Å²) in [6.45, 7) is 4.70. The second-order valence-electron chi connectivity index (χ2n) is 10.4. The van der Waals surface area contributed by atoms with Gasteiger partial charge in [-0.25, -0.2) is 0 Å². The summed E-state index contributed by atoms with van der Waals surface area (Å²) in [5, 5.41) is 10.8. The van der Waals surface area contributed by atoms with Crippen molar-refractivity contribution in [3.05, 3.63) is 53.6 Å². The number of rotatable bonds is 1. The number of nitrogens with zero attached hydrogens (tertiary/aromatic N) is 1. The number of hydrogen-bond acceptors (Lipinski definition) is 2. The van der Waals surface area contributed by atoms with Gasteiger partial charge in [0, 0.05) is 12.5 Å². The Morgan fingerprint density at radius 2 is 1.86 bits per heavy atom. The molecule has 29 heavy (non-hydrogen) atoms. The van der Waals surface area contributed by atoms with Crippen LogP contribution in [0.1, 0.15) is 51.5 Å². The minimum absolute atomic E-state index is 0.0406. The Bertz CT molecular complexity index is 874. The number of carbonyl (C=O) groups is 1. The van der Waals surface area contributed by atoms with Crippen LogP contribution in [0.4, 0.5) is 0 Å². The Morgan fingerprint density at radius 3 is 2.62 bits per heavy atom. The van der Waals surface area contributed by atoms with Crippen LogP contribution in [0.2, 0.25) is 0 Å². The summed E-state index contributed by atoms with van der Waals surface area (Å²) in [5.41, 5.74) is 2.61. The van der Waals surface area contributed by atoms with E-state index in [4.69, 9.17) is 0 Å². The van der Waals surface area contributed by atoms with Gasteiger partial charge in [0.05, 0.1) is 12.1 Å². The van der Waals surface area contributed by atoms with E-state index in [1.54, 1.807) is 6.08 Å². The van der Waals surface area contributed by atoms with Crippen LogP contribution in [0.5, 0.6) is 0 Å². The Morgan fingerprint density at radius 1 is 1.10 bits per heavy atom. The van der Waals surface area contributed by atoms with E-state index in [1.807, 2.05) is 11.9 Å². The smallest absolute Gasteiger partial charge is 0.246 e. The summed E-state index contributed by atoms with van der Waals surface area (Å²) >= 11 is 0. The third kappa shape index (κ3) is 2.70. The van der Waals surface area contributed by atoms with Crippen molar-refractivity contribution in [2.75, 3.05) is 7.05 Å². The molecule has 1 aromatic carbocycles. The van der Waals surface area contributed by atoms with Gasteiger partial charge in [0.15, 0.2) is 0 Å². The van der Waals surface area contributed by atoms with Gasteiger partial charge >= 0.3 is 0 Å². The van der Waals surface area contributed by atoms with Gasteiger partial charge in [-0.15, -0.1) is 0 Å². The normalized spacial score (nSPS) is 45.1. The van der Waals surface area contributed by atoms with E-state index < -0.39 is 0 Å². The van der Waals surface area contributed by atoms with Crippen LogP contribution >= 0.6 is 0 Å². The summed E-state index contributed by atoms with van der Waals surface area (Å²) in [5.74, 6) is 1.83. The van der Waals surface area contributed by atoms with E-state index >= 15 is 0 Å². The first kappa shape index (κ1) is 19.1. The maximum atomic E-state index is 12.6. The summed E-state index contributed by atoms with van der Waals surface area (Å²) in [6, 6.07) is 10.6. The predicted octanol–water partition coefficient (Wildman–Crippen LogP) is 4.68. The molecule has 1 aromatic rings. The highest BCUT2D eigenvalue weighted by Gasteiger charge is 2.61. The molecule has 1 heterocycles. The van der Waals surface area contributed by atoms with Crippen molar-refractivity contribution in [1.29, 1.82) is 0 Å². The van der Waals surface area contributed by atoms with Gasteiger partial charge in [-0.1, -0.05) is 56.3 Å². The van der Waals surface area contributed by atoms with Crippen molar-refractivity contribution in [3.63, 3.8) is 0 Å². The number of aliphatic hydroxyl groups excluding tert-OH is 1. The monoisotopic (exact) mass is 391 g/mol. The molecule has 1 amide bonds. The second-order valence-corrected chi connectivity index (χ2v) is 10.4. The highest BCUT2D eigenvalue weighted by Crippen LogP contribution is 2.64. The van der Waals surface area contributed by atoms with Crippen LogP contribution in [-0.2, 0) is 4.79 Å². The Balaban J connectivity index is 1.62. The molecule has 0 radical (unpaired) electrons. The van der Waals surface area contributed by atoms with Crippen molar-refractivity contribution in [2.45, 2.75) is 58.1 Å². The quantitative estimate of drug-likeness (QED) is 0.755. The highest BCUT2D eigenvalue weighted by molar-refractivity contribution is 5.89. The average Bonchev–Trinajstić information content (AvgIpc) is 3.01. The molecule has 5 rings (SSSR count). The van der Waals surface area contributed by atoms with Gasteiger partial charge in [-0.05, 0) is 72.5 Å². The zero-order valence-electron chi connectivity index (χ0n) is 17.8. The van der Waals surface area contributed by atoms with Crippen LogP contribution in [-0.4, -0.2) is 35.1 Å². The minimum Gasteiger partial charge on any atom is -0.393 e. The van der Waals surface area contributed by atoms with Gasteiger partial charge in [0.1, 0.15) is 0 Å². The van der Waals surface area contributed by atoms with Crippen molar-refractivity contribution in [1.82, 2.24) is 4.90 Å². The fraction of sp³-hybridized carbons (Fsp3) is 0.577. The molecule has 7 atom stereocenters. The summed E-state index contributed by atoms with van der Waals surface area (Å²) < 4.78 is 0. The molecule has 3 fully saturated rings. The lowest BCUT2D eigenvalue weighted by molar-refractivity contribution is -0.135. The van der Waals surface area contributed by atoms with E-state index in [9.17, 15) is 9.90 Å². The van der Waals surface area contributed by atoms with Crippen LogP contribution in [0.3, 0.4) is 0 Å². The van der Waals surface area contributed by atoms with Gasteiger partial charge in [-0.3, -0.25) is 4.79 Å². The van der Waals surface area contributed by atoms with E-state index in [2.05, 4.69) is 56.3 Å². The molecule has 3 heteroatoms. The Kier molecular flexibility index (Phi) is 4.33. The molecule has 0 unspecified atom stereocenters. The largest absolute Gasteiger partial charge is 0.393 e. The average molecular weight is 392 g/mol. The molecule has 1 aliphatic heterocycles. The molecule has 0 bridgehead atoms. The van der Waals surface area contributed by atoms with Gasteiger partial charge < -0.3 is 10.0 Å². The van der Waals surface area contributed by atoms with Gasteiger partial charge in [0.25, 0.3) is 0 Å². The second kappa shape index (κ2) is 6.57. The molecular weight excluding hydrogens is 358 g/mol. The molecule has 3 nitrogen and oxygen atoms in total. The molecular formula is C26H33NO2. The minimum atomic E-state index is -0.160. The molecule has 0 spiro atoms. The fourth-order valence-electron chi connectivity index (χ4n) is 7.58. The van der Waals surface area contributed by atoms with Crippen molar-refractivity contribution < 1.29 is 9.90 Å². The number of aliphatic hydroxyl groups is 1. The summed E-state index contributed by atoms with van der Waals surface area (Å²) in [4.78, 5) is 14.6. The number of hydrogen-bond donors (Lipinski definition) is 1. The predicted molar refractivity (Wildman–Crippen MR) is 116 cm³/mol. The molecule has 154 valence electrons. The van der Waals surface area contributed by atoms with Crippen molar-refractivity contribution in [3.8, 4) is 0 Å². The number of benzene rings is 1. The van der Waals surface area contributed by atoms with Gasteiger partial charge in [-0.2, -0.15) is 0 Å². The van der Waals surface area contributed by atoms with Crippen molar-refractivity contribution in [2.24, 2.45) is 28.6 Å². The third-order valence-electron chi connectivity index (χ3n) is 9.07. The SMILES string of the molecule is CN1C(=O)C=C[C@]2(C)[C@H]3CC[C@]4(C)[C@@H](O)CC[C@H]4[C@@H]3CC(=Cc3ccccc3)[C@@H]12. The maximum Gasteiger partial charge on any atom is 0.246 e. The highest BCUT2D eigenvalue weighted by atomic mass is 16.3. The Hall–Kier alpha value is -1.87. The number of carbonyl (C=O) groups excluding carboxylic acids is 1. The zero-order chi connectivity index (χ0) is 20.4. The molecule has 0 saturated heterocycles. The van der Waals surface area contributed by atoms with Crippen LogP contribution in [0.25, 0.3) is 6.08 Å². The Labute approximate surface area is 174 Å². The number of likely N-dealkylation sites (N-methyl/N-ethyl adjacent to an activating group) is 1. The molecule has 1 N–H and O–H groups in total. The lowest BCUT2D eigenvalue weighted by Crippen LogP contribution is -2.60. The molecule has 3 saturated carbocycles. The lowest BCUT2D eigenvalue weighted by atomic mass is 9.47.